The summed E-state index contributed by atoms with van der Waals surface area (Å²) in [7, 11) is -1.13. The van der Waals surface area contributed by atoms with Crippen LogP contribution in [0.25, 0.3) is 0 Å². The Kier molecular flexibility index (Phi) is 7.09. The van der Waals surface area contributed by atoms with Crippen LogP contribution in [-0.2, 0) is 20.6 Å². The van der Waals surface area contributed by atoms with E-state index in [0.29, 0.717) is 11.3 Å². The number of carbonyl (C=O) groups is 1. The molecule has 3 aromatic rings. The van der Waals surface area contributed by atoms with E-state index in [9.17, 15) is 13.2 Å². The van der Waals surface area contributed by atoms with E-state index in [0.717, 1.165) is 15.1 Å². The van der Waals surface area contributed by atoms with Crippen molar-refractivity contribution in [3.05, 3.63) is 76.5 Å². The molecule has 0 radical (unpaired) electrons. The van der Waals surface area contributed by atoms with Gasteiger partial charge in [0.25, 0.3) is 15.9 Å². The van der Waals surface area contributed by atoms with Crippen molar-refractivity contribution in [3.8, 4) is 0 Å². The summed E-state index contributed by atoms with van der Waals surface area (Å²) in [6.45, 7) is 0. The average Bonchev–Trinajstić information content (AvgIpc) is 3.26. The van der Waals surface area contributed by atoms with E-state index < -0.39 is 10.0 Å². The highest BCUT2D eigenvalue weighted by Gasteiger charge is 2.20. The van der Waals surface area contributed by atoms with Crippen LogP contribution in [0.15, 0.2) is 75.8 Å². The molecular formula is C20H20N2O4S3. The third-order valence-electron chi connectivity index (χ3n) is 4.09. The van der Waals surface area contributed by atoms with Gasteiger partial charge in [-0.1, -0.05) is 22.7 Å². The third kappa shape index (κ3) is 5.26. The molecule has 0 aliphatic rings. The normalized spacial score (nSPS) is 11.6. The fraction of sp³-hybridized carbons (Fsp3) is 0.150. The molecule has 0 aliphatic carbocycles. The first kappa shape index (κ1) is 21.5. The number of hydrogen-bond acceptors (Lipinski definition) is 6. The molecule has 3 rings (SSSR count). The monoisotopic (exact) mass is 448 g/mol. The minimum absolute atomic E-state index is 0.0757. The summed E-state index contributed by atoms with van der Waals surface area (Å²) in [4.78, 5) is 19.7. The van der Waals surface area contributed by atoms with Gasteiger partial charge in [0.2, 0.25) is 0 Å². The number of thiophene rings is 1. The molecule has 0 spiro atoms. The van der Waals surface area contributed by atoms with Gasteiger partial charge >= 0.3 is 0 Å². The fourth-order valence-electron chi connectivity index (χ4n) is 2.48. The number of anilines is 1. The number of rotatable bonds is 8. The maximum atomic E-state index is 12.8. The maximum Gasteiger partial charge on any atom is 0.264 e. The highest BCUT2D eigenvalue weighted by Crippen LogP contribution is 2.28. The van der Waals surface area contributed by atoms with Crippen molar-refractivity contribution in [1.82, 2.24) is 4.47 Å². The minimum Gasteiger partial charge on any atom is -0.322 e. The number of carbonyl (C=O) groups excluding carboxylic acids is 1. The summed E-state index contributed by atoms with van der Waals surface area (Å²) >= 11 is 3.29. The Morgan fingerprint density at radius 1 is 1.10 bits per heavy atom. The van der Waals surface area contributed by atoms with Gasteiger partial charge in [0.15, 0.2) is 0 Å². The number of amides is 1. The fourth-order valence-corrected chi connectivity index (χ4v) is 5.28. The van der Waals surface area contributed by atoms with Gasteiger partial charge in [-0.25, -0.2) is 8.42 Å². The number of benzene rings is 2. The first-order valence-electron chi connectivity index (χ1n) is 8.60. The highest BCUT2D eigenvalue weighted by atomic mass is 32.2. The van der Waals surface area contributed by atoms with Gasteiger partial charge in [-0.05, 0) is 47.8 Å². The Bertz CT molecular complexity index is 1070. The zero-order chi connectivity index (χ0) is 20.9. The van der Waals surface area contributed by atoms with Crippen molar-refractivity contribution in [2.24, 2.45) is 0 Å². The predicted molar refractivity (Wildman–Crippen MR) is 117 cm³/mol. The molecule has 29 heavy (non-hydrogen) atoms. The van der Waals surface area contributed by atoms with Gasteiger partial charge in [0, 0.05) is 28.3 Å². The number of nitrogens with zero attached hydrogens (tertiary/aromatic N) is 1. The molecule has 0 fully saturated rings. The SMILES string of the molecule is CON(C)S(=O)(=O)c1ccc(NC(=O)c2ccccc2SCc2cccs2)cc1. The van der Waals surface area contributed by atoms with Crippen molar-refractivity contribution >= 4 is 44.7 Å². The summed E-state index contributed by atoms with van der Waals surface area (Å²) < 4.78 is 25.3. The van der Waals surface area contributed by atoms with Crippen molar-refractivity contribution in [1.29, 1.82) is 0 Å². The second kappa shape index (κ2) is 9.55. The number of hydroxylamine groups is 1. The molecule has 9 heteroatoms. The van der Waals surface area contributed by atoms with E-state index in [1.54, 1.807) is 41.3 Å². The highest BCUT2D eigenvalue weighted by molar-refractivity contribution is 7.98. The van der Waals surface area contributed by atoms with Gasteiger partial charge < -0.3 is 5.32 Å². The molecule has 152 valence electrons. The van der Waals surface area contributed by atoms with Crippen LogP contribution in [0.5, 0.6) is 0 Å². The van der Waals surface area contributed by atoms with Crippen LogP contribution in [-0.4, -0.2) is 33.0 Å². The molecule has 0 bridgehead atoms. The molecule has 2 aromatic carbocycles. The number of sulfonamides is 1. The summed E-state index contributed by atoms with van der Waals surface area (Å²) in [5, 5.41) is 4.85. The van der Waals surface area contributed by atoms with Crippen molar-refractivity contribution < 1.29 is 18.0 Å². The Balaban J connectivity index is 1.72. The zero-order valence-electron chi connectivity index (χ0n) is 15.9. The van der Waals surface area contributed by atoms with Crippen molar-refractivity contribution in [2.45, 2.75) is 15.5 Å². The van der Waals surface area contributed by atoms with Crippen LogP contribution < -0.4 is 5.32 Å². The molecular weight excluding hydrogens is 428 g/mol. The number of thioether (sulfide) groups is 1. The van der Waals surface area contributed by atoms with Crippen LogP contribution in [0.4, 0.5) is 5.69 Å². The van der Waals surface area contributed by atoms with E-state index in [1.807, 2.05) is 29.6 Å². The smallest absolute Gasteiger partial charge is 0.264 e. The lowest BCUT2D eigenvalue weighted by Crippen LogP contribution is -2.25. The summed E-state index contributed by atoms with van der Waals surface area (Å²) in [6, 6.07) is 17.5. The molecule has 0 atom stereocenters. The lowest BCUT2D eigenvalue weighted by Gasteiger charge is -2.14. The van der Waals surface area contributed by atoms with E-state index in [1.165, 1.54) is 31.2 Å². The molecule has 0 saturated heterocycles. The zero-order valence-corrected chi connectivity index (χ0v) is 18.3. The molecule has 1 amide bonds. The van der Waals surface area contributed by atoms with Crippen LogP contribution in [0, 0.1) is 0 Å². The standard InChI is InChI=1S/C20H20N2O4S3/c1-22(26-2)29(24,25)17-11-9-15(10-12-17)21-20(23)18-7-3-4-8-19(18)28-14-16-6-5-13-27-16/h3-13H,14H2,1-2H3,(H,21,23). The first-order chi connectivity index (χ1) is 13.9. The summed E-state index contributed by atoms with van der Waals surface area (Å²) in [5.74, 6) is 0.547. The second-order valence-corrected chi connectivity index (χ2v) is 9.93. The Hall–Kier alpha value is -2.17. The molecule has 0 unspecified atom stereocenters. The first-order valence-corrected chi connectivity index (χ1v) is 11.9. The molecule has 0 saturated carbocycles. The number of nitrogens with one attached hydrogen (secondary N) is 1. The van der Waals surface area contributed by atoms with E-state index >= 15 is 0 Å². The molecule has 1 heterocycles. The lowest BCUT2D eigenvalue weighted by atomic mass is 10.2. The van der Waals surface area contributed by atoms with Crippen LogP contribution >= 0.6 is 23.1 Å². The molecule has 6 nitrogen and oxygen atoms in total. The lowest BCUT2D eigenvalue weighted by molar-refractivity contribution is -0.0258. The Morgan fingerprint density at radius 2 is 1.83 bits per heavy atom. The van der Waals surface area contributed by atoms with E-state index in [4.69, 9.17) is 4.84 Å². The maximum absolute atomic E-state index is 12.8. The molecule has 1 N–H and O–H groups in total. The van der Waals surface area contributed by atoms with Crippen LogP contribution in [0.3, 0.4) is 0 Å². The summed E-state index contributed by atoms with van der Waals surface area (Å²) in [6.07, 6.45) is 0. The van der Waals surface area contributed by atoms with Gasteiger partial charge in [-0.2, -0.15) is 0 Å². The van der Waals surface area contributed by atoms with Crippen LogP contribution in [0.1, 0.15) is 15.2 Å². The van der Waals surface area contributed by atoms with Gasteiger partial charge in [-0.15, -0.1) is 23.1 Å². The Labute approximate surface area is 178 Å². The predicted octanol–water partition coefficient (Wildman–Crippen LogP) is 4.47. The minimum atomic E-state index is -3.73. The largest absolute Gasteiger partial charge is 0.322 e. The van der Waals surface area contributed by atoms with Gasteiger partial charge in [0.05, 0.1) is 17.6 Å². The number of hydrogen-bond donors (Lipinski definition) is 1. The third-order valence-corrected chi connectivity index (χ3v) is 7.96. The average molecular weight is 449 g/mol. The van der Waals surface area contributed by atoms with Crippen molar-refractivity contribution in [2.75, 3.05) is 19.5 Å². The van der Waals surface area contributed by atoms with Crippen molar-refractivity contribution in [3.63, 3.8) is 0 Å². The van der Waals surface area contributed by atoms with Gasteiger partial charge in [-0.3, -0.25) is 9.63 Å². The second-order valence-electron chi connectivity index (χ2n) is 5.94. The molecule has 1 aromatic heterocycles. The van der Waals surface area contributed by atoms with E-state index in [-0.39, 0.29) is 10.8 Å². The summed E-state index contributed by atoms with van der Waals surface area (Å²) in [5.41, 5.74) is 1.08. The topological polar surface area (TPSA) is 75.7 Å². The Morgan fingerprint density at radius 3 is 2.48 bits per heavy atom. The quantitative estimate of drug-likeness (QED) is 0.406. The van der Waals surface area contributed by atoms with E-state index in [2.05, 4.69) is 11.4 Å². The molecule has 0 aliphatic heterocycles. The van der Waals surface area contributed by atoms with Gasteiger partial charge in [0.1, 0.15) is 0 Å². The van der Waals surface area contributed by atoms with Crippen LogP contribution in [0.2, 0.25) is 0 Å².